The Morgan fingerprint density at radius 3 is 2.61 bits per heavy atom. The fourth-order valence-electron chi connectivity index (χ4n) is 2.52. The predicted molar refractivity (Wildman–Crippen MR) is 117 cm³/mol. The van der Waals surface area contributed by atoms with E-state index in [-0.39, 0.29) is 11.4 Å². The fourth-order valence-corrected chi connectivity index (χ4v) is 2.64. The average molecular weight is 440 g/mol. The number of nitrogens with one attached hydrogen (secondary N) is 1. The van der Waals surface area contributed by atoms with Crippen molar-refractivity contribution in [3.8, 4) is 11.5 Å². The summed E-state index contributed by atoms with van der Waals surface area (Å²) in [6.07, 6.45) is 1.46. The molecule has 0 aliphatic heterocycles. The maximum atomic E-state index is 11.9. The van der Waals surface area contributed by atoms with Crippen LogP contribution in [0.1, 0.15) is 11.1 Å². The molecule has 1 N–H and O–H groups in total. The van der Waals surface area contributed by atoms with Crippen LogP contribution in [0.2, 0.25) is 5.02 Å². The molecule has 0 aliphatic carbocycles. The van der Waals surface area contributed by atoms with E-state index in [1.54, 1.807) is 36.4 Å². The number of carbonyl (C=O) groups is 1. The first-order valence-corrected chi connectivity index (χ1v) is 9.54. The van der Waals surface area contributed by atoms with Gasteiger partial charge in [0.1, 0.15) is 12.4 Å². The van der Waals surface area contributed by atoms with E-state index >= 15 is 0 Å². The Kier molecular flexibility index (Phi) is 7.56. The summed E-state index contributed by atoms with van der Waals surface area (Å²) in [5.74, 6) is 0.103. The number of carbonyl (C=O) groups excluding carboxylic acids is 1. The Balaban J connectivity index is 1.49. The minimum Gasteiger partial charge on any atom is -0.489 e. The van der Waals surface area contributed by atoms with Crippen LogP contribution in [0.3, 0.4) is 0 Å². The number of hydrogen-bond acceptors (Lipinski definition) is 6. The molecule has 0 aliphatic rings. The number of nitrogens with zero attached hydrogens (tertiary/aromatic N) is 2. The van der Waals surface area contributed by atoms with Crippen molar-refractivity contribution >= 4 is 29.4 Å². The topological polar surface area (TPSA) is 103 Å². The molecule has 0 fully saturated rings. The number of ether oxygens (including phenoxy) is 2. The first-order chi connectivity index (χ1) is 15.0. The van der Waals surface area contributed by atoms with Crippen molar-refractivity contribution in [1.82, 2.24) is 5.43 Å². The first kappa shape index (κ1) is 21.8. The van der Waals surface area contributed by atoms with Crippen molar-refractivity contribution < 1.29 is 19.2 Å². The van der Waals surface area contributed by atoms with E-state index in [1.807, 2.05) is 18.2 Å². The van der Waals surface area contributed by atoms with Gasteiger partial charge in [0.05, 0.1) is 11.1 Å². The average Bonchev–Trinajstić information content (AvgIpc) is 2.78. The minimum absolute atomic E-state index is 0.0113. The van der Waals surface area contributed by atoms with E-state index in [0.717, 1.165) is 5.56 Å². The normalized spacial score (nSPS) is 10.6. The summed E-state index contributed by atoms with van der Waals surface area (Å²) in [6.45, 7) is -0.0239. The molecule has 0 heterocycles. The molecule has 0 atom stereocenters. The van der Waals surface area contributed by atoms with Crippen molar-refractivity contribution in [3.63, 3.8) is 0 Å². The van der Waals surface area contributed by atoms with Crippen LogP contribution in [0.5, 0.6) is 11.5 Å². The maximum absolute atomic E-state index is 11.9. The van der Waals surface area contributed by atoms with Crippen LogP contribution in [0, 0.1) is 10.1 Å². The van der Waals surface area contributed by atoms with Crippen LogP contribution >= 0.6 is 11.6 Å². The van der Waals surface area contributed by atoms with Gasteiger partial charge in [0.15, 0.2) is 12.4 Å². The largest absolute Gasteiger partial charge is 0.489 e. The third kappa shape index (κ3) is 6.83. The van der Waals surface area contributed by atoms with Crippen molar-refractivity contribution in [3.05, 3.63) is 99.1 Å². The monoisotopic (exact) mass is 439 g/mol. The van der Waals surface area contributed by atoms with Gasteiger partial charge in [-0.25, -0.2) is 5.43 Å². The fraction of sp³-hybridized carbons (Fsp3) is 0.0909. The quantitative estimate of drug-likeness (QED) is 0.303. The van der Waals surface area contributed by atoms with Crippen LogP contribution in [-0.4, -0.2) is 23.7 Å². The van der Waals surface area contributed by atoms with Gasteiger partial charge in [-0.3, -0.25) is 14.9 Å². The second-order valence-corrected chi connectivity index (χ2v) is 6.73. The van der Waals surface area contributed by atoms with Crippen LogP contribution in [-0.2, 0) is 11.4 Å². The summed E-state index contributed by atoms with van der Waals surface area (Å²) in [6, 6.07) is 20.4. The van der Waals surface area contributed by atoms with Gasteiger partial charge >= 0.3 is 5.69 Å². The lowest BCUT2D eigenvalue weighted by Gasteiger charge is -2.07. The summed E-state index contributed by atoms with van der Waals surface area (Å²) < 4.78 is 11.0. The molecule has 8 nitrogen and oxygen atoms in total. The van der Waals surface area contributed by atoms with E-state index in [1.165, 1.54) is 24.4 Å². The lowest BCUT2D eigenvalue weighted by molar-refractivity contribution is -0.385. The Morgan fingerprint density at radius 2 is 1.84 bits per heavy atom. The molecule has 1 amide bonds. The summed E-state index contributed by atoms with van der Waals surface area (Å²) in [7, 11) is 0. The number of hydrazone groups is 1. The number of amides is 1. The van der Waals surface area contributed by atoms with Gasteiger partial charge in [-0.1, -0.05) is 48.0 Å². The number of para-hydroxylation sites is 2. The number of nitro groups is 1. The molecular formula is C22H18ClN3O5. The number of hydrogen-bond donors (Lipinski definition) is 1. The lowest BCUT2D eigenvalue weighted by Crippen LogP contribution is -2.24. The summed E-state index contributed by atoms with van der Waals surface area (Å²) >= 11 is 5.87. The molecule has 0 aromatic heterocycles. The summed E-state index contributed by atoms with van der Waals surface area (Å²) in [5, 5.41) is 15.5. The van der Waals surface area contributed by atoms with Gasteiger partial charge < -0.3 is 9.47 Å². The van der Waals surface area contributed by atoms with E-state index < -0.39 is 17.4 Å². The van der Waals surface area contributed by atoms with E-state index in [2.05, 4.69) is 10.5 Å². The molecule has 3 rings (SSSR count). The SMILES string of the molecule is O=C(COc1ccccc1[N+](=O)[O-])N/N=C/c1cccc(OCc2ccc(Cl)cc2)c1. The molecule has 0 radical (unpaired) electrons. The number of nitro benzene ring substituents is 1. The van der Waals surface area contributed by atoms with Gasteiger partial charge in [-0.2, -0.15) is 5.10 Å². The van der Waals surface area contributed by atoms with Crippen molar-refractivity contribution in [2.24, 2.45) is 5.10 Å². The van der Waals surface area contributed by atoms with Gasteiger partial charge in [0.2, 0.25) is 0 Å². The molecule has 3 aromatic carbocycles. The predicted octanol–water partition coefficient (Wildman–Crippen LogP) is 4.36. The molecule has 3 aromatic rings. The summed E-state index contributed by atoms with van der Waals surface area (Å²) in [5.41, 5.74) is 3.80. The lowest BCUT2D eigenvalue weighted by atomic mass is 10.2. The van der Waals surface area contributed by atoms with Gasteiger partial charge in [-0.15, -0.1) is 0 Å². The molecule has 0 saturated carbocycles. The van der Waals surface area contributed by atoms with E-state index in [9.17, 15) is 14.9 Å². The van der Waals surface area contributed by atoms with Gasteiger partial charge in [0, 0.05) is 11.1 Å². The zero-order valence-corrected chi connectivity index (χ0v) is 17.0. The van der Waals surface area contributed by atoms with Crippen molar-refractivity contribution in [1.29, 1.82) is 0 Å². The molecule has 0 spiro atoms. The molecular weight excluding hydrogens is 422 g/mol. The maximum Gasteiger partial charge on any atom is 0.310 e. The van der Waals surface area contributed by atoms with Crippen LogP contribution in [0.4, 0.5) is 5.69 Å². The highest BCUT2D eigenvalue weighted by molar-refractivity contribution is 6.30. The zero-order valence-electron chi connectivity index (χ0n) is 16.2. The summed E-state index contributed by atoms with van der Waals surface area (Å²) in [4.78, 5) is 22.3. The Bertz CT molecular complexity index is 1090. The first-order valence-electron chi connectivity index (χ1n) is 9.17. The third-order valence-electron chi connectivity index (χ3n) is 4.00. The van der Waals surface area contributed by atoms with E-state index in [0.29, 0.717) is 22.9 Å². The van der Waals surface area contributed by atoms with Crippen molar-refractivity contribution in [2.75, 3.05) is 6.61 Å². The molecule has 0 saturated heterocycles. The Hall–Kier alpha value is -3.91. The smallest absolute Gasteiger partial charge is 0.310 e. The highest BCUT2D eigenvalue weighted by Crippen LogP contribution is 2.25. The second kappa shape index (κ2) is 10.7. The Labute approximate surface area is 183 Å². The van der Waals surface area contributed by atoms with Gasteiger partial charge in [0.25, 0.3) is 5.91 Å². The Morgan fingerprint density at radius 1 is 1.06 bits per heavy atom. The van der Waals surface area contributed by atoms with E-state index in [4.69, 9.17) is 21.1 Å². The molecule has 0 unspecified atom stereocenters. The highest BCUT2D eigenvalue weighted by atomic mass is 35.5. The zero-order chi connectivity index (χ0) is 22.1. The molecule has 158 valence electrons. The molecule has 31 heavy (non-hydrogen) atoms. The highest BCUT2D eigenvalue weighted by Gasteiger charge is 2.14. The third-order valence-corrected chi connectivity index (χ3v) is 4.25. The minimum atomic E-state index is -0.576. The number of benzene rings is 3. The van der Waals surface area contributed by atoms with Crippen LogP contribution in [0.15, 0.2) is 77.9 Å². The van der Waals surface area contributed by atoms with Crippen LogP contribution in [0.25, 0.3) is 0 Å². The number of rotatable bonds is 9. The number of halogens is 1. The van der Waals surface area contributed by atoms with Gasteiger partial charge in [-0.05, 0) is 41.5 Å². The molecule has 0 bridgehead atoms. The standard InChI is InChI=1S/C22H18ClN3O5/c23-18-10-8-16(9-11-18)14-30-19-5-3-4-17(12-19)13-24-25-22(27)15-31-21-7-2-1-6-20(21)26(28)29/h1-13H,14-15H2,(H,25,27)/b24-13+. The van der Waals surface area contributed by atoms with Crippen molar-refractivity contribution in [2.45, 2.75) is 6.61 Å². The second-order valence-electron chi connectivity index (χ2n) is 6.29. The molecule has 9 heteroatoms. The van der Waals surface area contributed by atoms with Crippen LogP contribution < -0.4 is 14.9 Å².